The van der Waals surface area contributed by atoms with Gasteiger partial charge in [-0.2, -0.15) is 0 Å². The molecule has 140 valence electrons. The second-order valence-electron chi connectivity index (χ2n) is 6.88. The zero-order valence-corrected chi connectivity index (χ0v) is 15.2. The molecule has 2 unspecified atom stereocenters. The molecule has 0 saturated carbocycles. The molecule has 9 heteroatoms. The van der Waals surface area contributed by atoms with Crippen LogP contribution in [0.4, 0.5) is 10.6 Å². The molecule has 9 nitrogen and oxygen atoms in total. The monoisotopic (exact) mass is 369 g/mol. The van der Waals surface area contributed by atoms with Crippen molar-refractivity contribution in [3.8, 4) is 0 Å². The fraction of sp³-hybridized carbons (Fsp3) is 0.389. The van der Waals surface area contributed by atoms with Crippen molar-refractivity contribution in [1.82, 2.24) is 19.6 Å². The van der Waals surface area contributed by atoms with Crippen LogP contribution in [0.3, 0.4) is 0 Å². The third-order valence-corrected chi connectivity index (χ3v) is 5.67. The van der Waals surface area contributed by atoms with Gasteiger partial charge in [-0.3, -0.25) is 29.0 Å². The van der Waals surface area contributed by atoms with Gasteiger partial charge in [-0.05, 0) is 26.0 Å². The van der Waals surface area contributed by atoms with Gasteiger partial charge in [0, 0.05) is 26.2 Å². The van der Waals surface area contributed by atoms with E-state index in [1.807, 2.05) is 6.92 Å². The lowest BCUT2D eigenvalue weighted by atomic mass is 9.70. The summed E-state index contributed by atoms with van der Waals surface area (Å²) in [4.78, 5) is 58.2. The Morgan fingerprint density at radius 2 is 2.00 bits per heavy atom. The summed E-state index contributed by atoms with van der Waals surface area (Å²) in [5, 5.41) is 2.25. The summed E-state index contributed by atoms with van der Waals surface area (Å²) in [6, 6.07) is 3.90. The summed E-state index contributed by atoms with van der Waals surface area (Å²) in [5.41, 5.74) is -1.09. The van der Waals surface area contributed by atoms with E-state index in [4.69, 9.17) is 0 Å². The Kier molecular flexibility index (Phi) is 3.59. The van der Waals surface area contributed by atoms with Gasteiger partial charge in [0.1, 0.15) is 11.5 Å². The van der Waals surface area contributed by atoms with Gasteiger partial charge < -0.3 is 4.90 Å². The first-order chi connectivity index (χ1) is 12.8. The predicted octanol–water partition coefficient (Wildman–Crippen LogP) is 0.160. The average Bonchev–Trinajstić information content (AvgIpc) is 2.66. The first-order valence-electron chi connectivity index (χ1n) is 8.73. The summed E-state index contributed by atoms with van der Waals surface area (Å²) in [7, 11) is 1.33. The van der Waals surface area contributed by atoms with E-state index in [1.54, 1.807) is 36.2 Å². The molecule has 2 aliphatic rings. The van der Waals surface area contributed by atoms with Crippen LogP contribution >= 0.6 is 0 Å². The number of carbonyl (C=O) groups is 3. The number of barbiturate groups is 1. The number of nitrogens with zero attached hydrogens (tertiary/aromatic N) is 4. The highest BCUT2D eigenvalue weighted by Gasteiger charge is 2.60. The molecule has 2 aromatic rings. The molecule has 1 fully saturated rings. The summed E-state index contributed by atoms with van der Waals surface area (Å²) < 4.78 is 1.40. The highest BCUT2D eigenvalue weighted by atomic mass is 16.2. The lowest BCUT2D eigenvalue weighted by Crippen LogP contribution is -2.71. The van der Waals surface area contributed by atoms with Gasteiger partial charge in [0.05, 0.1) is 11.6 Å². The third kappa shape index (κ3) is 2.08. The molecule has 1 spiro atoms. The van der Waals surface area contributed by atoms with Crippen LogP contribution in [-0.2, 0) is 16.0 Å². The summed E-state index contributed by atoms with van der Waals surface area (Å²) in [5.74, 6) is -0.804. The minimum Gasteiger partial charge on any atom is -0.352 e. The van der Waals surface area contributed by atoms with Crippen LogP contribution < -0.4 is 15.8 Å². The summed E-state index contributed by atoms with van der Waals surface area (Å²) in [6.07, 6.45) is 1.50. The largest absolute Gasteiger partial charge is 0.352 e. The van der Waals surface area contributed by atoms with Gasteiger partial charge in [0.25, 0.3) is 5.56 Å². The molecule has 2 aliphatic heterocycles. The highest BCUT2D eigenvalue weighted by Crippen LogP contribution is 2.42. The van der Waals surface area contributed by atoms with Gasteiger partial charge in [-0.1, -0.05) is 6.07 Å². The van der Waals surface area contributed by atoms with E-state index >= 15 is 0 Å². The molecule has 4 amide bonds. The standard InChI is InChI=1S/C18H19N5O4/c1-4-22-10(2)18(15(25)20-17(27)21(3)16(18)26)9-11-13(22)19-12-7-5-6-8-23(12)14(11)24/h5-8,10H,4,9H2,1-3H3,(H,20,25,27). The molecule has 0 radical (unpaired) electrons. The Bertz CT molecular complexity index is 1060. The average molecular weight is 369 g/mol. The number of carbonyl (C=O) groups excluding carboxylic acids is 3. The van der Waals surface area contributed by atoms with Gasteiger partial charge in [-0.25, -0.2) is 9.78 Å². The zero-order valence-electron chi connectivity index (χ0n) is 15.2. The minimum atomic E-state index is -1.56. The maximum atomic E-state index is 13.1. The molecular weight excluding hydrogens is 350 g/mol. The lowest BCUT2D eigenvalue weighted by Gasteiger charge is -2.49. The Balaban J connectivity index is 2.00. The molecule has 2 aromatic heterocycles. The van der Waals surface area contributed by atoms with Crippen molar-refractivity contribution in [2.45, 2.75) is 26.3 Å². The van der Waals surface area contributed by atoms with Gasteiger partial charge in [-0.15, -0.1) is 0 Å². The van der Waals surface area contributed by atoms with E-state index < -0.39 is 29.3 Å². The first-order valence-corrected chi connectivity index (χ1v) is 8.73. The Morgan fingerprint density at radius 3 is 2.70 bits per heavy atom. The number of imide groups is 2. The molecule has 2 atom stereocenters. The maximum absolute atomic E-state index is 13.1. The van der Waals surface area contributed by atoms with Crippen molar-refractivity contribution >= 4 is 29.3 Å². The SMILES string of the molecule is CCN1c2nc3ccccn3c(=O)c2CC2(C(=O)NC(=O)N(C)C2=O)C1C. The Hall–Kier alpha value is -3.23. The molecule has 1 N–H and O–H groups in total. The van der Waals surface area contributed by atoms with Crippen molar-refractivity contribution in [3.63, 3.8) is 0 Å². The Morgan fingerprint density at radius 1 is 1.26 bits per heavy atom. The number of pyridine rings is 1. The molecular formula is C18H19N5O4. The van der Waals surface area contributed by atoms with Crippen molar-refractivity contribution in [2.75, 3.05) is 18.5 Å². The second kappa shape index (κ2) is 5.63. The number of aromatic nitrogens is 2. The van der Waals surface area contributed by atoms with Crippen LogP contribution in [0.2, 0.25) is 0 Å². The Labute approximate surface area is 154 Å². The summed E-state index contributed by atoms with van der Waals surface area (Å²) >= 11 is 0. The van der Waals surface area contributed by atoms with Crippen LogP contribution in [0.25, 0.3) is 5.65 Å². The molecule has 27 heavy (non-hydrogen) atoms. The first kappa shape index (κ1) is 17.2. The van der Waals surface area contributed by atoms with Gasteiger partial charge in [0.2, 0.25) is 11.8 Å². The van der Waals surface area contributed by atoms with E-state index in [0.717, 1.165) is 4.90 Å². The van der Waals surface area contributed by atoms with E-state index in [1.165, 1.54) is 11.4 Å². The zero-order chi connectivity index (χ0) is 19.5. The van der Waals surface area contributed by atoms with Gasteiger partial charge >= 0.3 is 6.03 Å². The molecule has 4 heterocycles. The second-order valence-corrected chi connectivity index (χ2v) is 6.88. The van der Waals surface area contributed by atoms with E-state index in [0.29, 0.717) is 23.6 Å². The van der Waals surface area contributed by atoms with Crippen LogP contribution in [0.1, 0.15) is 19.4 Å². The number of hydrogen-bond donors (Lipinski definition) is 1. The topological polar surface area (TPSA) is 104 Å². The smallest absolute Gasteiger partial charge is 0.330 e. The van der Waals surface area contributed by atoms with Crippen molar-refractivity contribution in [1.29, 1.82) is 0 Å². The van der Waals surface area contributed by atoms with E-state index in [9.17, 15) is 19.2 Å². The maximum Gasteiger partial charge on any atom is 0.330 e. The van der Waals surface area contributed by atoms with Crippen LogP contribution in [0, 0.1) is 5.41 Å². The van der Waals surface area contributed by atoms with E-state index in [2.05, 4.69) is 10.3 Å². The fourth-order valence-corrected chi connectivity index (χ4v) is 4.11. The molecule has 0 bridgehead atoms. The van der Waals surface area contributed by atoms with Crippen molar-refractivity contribution in [3.05, 3.63) is 40.3 Å². The third-order valence-electron chi connectivity index (χ3n) is 5.67. The lowest BCUT2D eigenvalue weighted by molar-refractivity contribution is -0.152. The van der Waals surface area contributed by atoms with Crippen molar-refractivity contribution in [2.24, 2.45) is 5.41 Å². The van der Waals surface area contributed by atoms with Crippen molar-refractivity contribution < 1.29 is 14.4 Å². The van der Waals surface area contributed by atoms with E-state index in [-0.39, 0.29) is 12.0 Å². The molecule has 0 aliphatic carbocycles. The minimum absolute atomic E-state index is 0.105. The number of nitrogens with one attached hydrogen (secondary N) is 1. The number of anilines is 1. The number of urea groups is 1. The fourth-order valence-electron chi connectivity index (χ4n) is 4.11. The molecule has 4 rings (SSSR count). The van der Waals surface area contributed by atoms with Crippen LogP contribution in [0.5, 0.6) is 0 Å². The van der Waals surface area contributed by atoms with Crippen LogP contribution in [0.15, 0.2) is 29.2 Å². The normalized spacial score (nSPS) is 25.1. The number of fused-ring (bicyclic) bond motifs is 2. The quantitative estimate of drug-likeness (QED) is 0.718. The number of amides is 4. The highest BCUT2D eigenvalue weighted by molar-refractivity contribution is 6.20. The number of rotatable bonds is 1. The molecule has 1 saturated heterocycles. The molecule has 0 aromatic carbocycles. The predicted molar refractivity (Wildman–Crippen MR) is 96.4 cm³/mol. The summed E-state index contributed by atoms with van der Waals surface area (Å²) in [6.45, 7) is 4.07. The van der Waals surface area contributed by atoms with Crippen LogP contribution in [-0.4, -0.2) is 51.8 Å². The van der Waals surface area contributed by atoms with Gasteiger partial charge in [0.15, 0.2) is 5.41 Å². The number of hydrogen-bond acceptors (Lipinski definition) is 6.